The first-order valence-corrected chi connectivity index (χ1v) is 17.0. The third kappa shape index (κ3) is 5.87. The summed E-state index contributed by atoms with van der Waals surface area (Å²) in [5, 5.41) is 14.7. The molecule has 3 fully saturated rings. The number of rotatable bonds is 8. The van der Waals surface area contributed by atoms with Gasteiger partial charge < -0.3 is 4.90 Å². The van der Waals surface area contributed by atoms with Crippen LogP contribution in [0.4, 0.5) is 10.1 Å². The van der Waals surface area contributed by atoms with Crippen molar-refractivity contribution in [1.82, 2.24) is 9.78 Å². The lowest BCUT2D eigenvalue weighted by Gasteiger charge is -2.31. The molecule has 0 spiro atoms. The Bertz CT molecular complexity index is 1600. The van der Waals surface area contributed by atoms with Gasteiger partial charge >= 0.3 is 0 Å². The summed E-state index contributed by atoms with van der Waals surface area (Å²) >= 11 is 0. The van der Waals surface area contributed by atoms with Gasteiger partial charge in [0.15, 0.2) is 0 Å². The summed E-state index contributed by atoms with van der Waals surface area (Å²) in [6.07, 6.45) is 7.67. The van der Waals surface area contributed by atoms with Crippen molar-refractivity contribution in [3.63, 3.8) is 0 Å². The van der Waals surface area contributed by atoms with E-state index >= 15 is 0 Å². The fourth-order valence-corrected chi connectivity index (χ4v) is 8.53. The van der Waals surface area contributed by atoms with Crippen LogP contribution >= 0.6 is 0 Å². The van der Waals surface area contributed by atoms with Crippen LogP contribution in [0.3, 0.4) is 0 Å². The van der Waals surface area contributed by atoms with Crippen LogP contribution in [0.5, 0.6) is 0 Å². The van der Waals surface area contributed by atoms with E-state index in [1.807, 2.05) is 13.1 Å². The zero-order valence-electron chi connectivity index (χ0n) is 24.2. The minimum atomic E-state index is -2.10. The molecule has 3 aliphatic rings. The Kier molecular flexibility index (Phi) is 7.93. The summed E-state index contributed by atoms with van der Waals surface area (Å²) in [6, 6.07) is 17.1. The SMILES string of the molecule is CCN=S1(=O)CCN(c2ccc(-c3cn(-c4ccc(F)cc4)nc3[C@@H]3CCCC[C@H]3C(=O)CC3(C#N)CC3)cc2)CC1. The van der Waals surface area contributed by atoms with Gasteiger partial charge in [-0.25, -0.2) is 17.6 Å². The Balaban J connectivity index is 1.32. The first-order chi connectivity index (χ1) is 20.3. The minimum absolute atomic E-state index is 0.0327. The molecule has 2 heterocycles. The van der Waals surface area contributed by atoms with Crippen LogP contribution in [0.1, 0.15) is 63.5 Å². The van der Waals surface area contributed by atoms with Crippen molar-refractivity contribution in [1.29, 1.82) is 5.26 Å². The Hall–Kier alpha value is -3.51. The molecule has 0 N–H and O–H groups in total. The van der Waals surface area contributed by atoms with Crippen LogP contribution in [0.25, 0.3) is 16.8 Å². The highest BCUT2D eigenvalue weighted by Crippen LogP contribution is 2.51. The lowest BCUT2D eigenvalue weighted by Crippen LogP contribution is -2.40. The second-order valence-corrected chi connectivity index (χ2v) is 14.7. The summed E-state index contributed by atoms with van der Waals surface area (Å²) in [5.41, 5.74) is 4.26. The molecule has 0 radical (unpaired) electrons. The molecule has 3 aromatic rings. The van der Waals surface area contributed by atoms with Gasteiger partial charge in [-0.1, -0.05) is 25.0 Å². The number of nitrogens with zero attached hydrogens (tertiary/aromatic N) is 5. The quantitative estimate of drug-likeness (QED) is 0.299. The molecule has 42 heavy (non-hydrogen) atoms. The second-order valence-electron chi connectivity index (χ2n) is 12.0. The van der Waals surface area contributed by atoms with Crippen molar-refractivity contribution in [3.8, 4) is 22.9 Å². The lowest BCUT2D eigenvalue weighted by molar-refractivity contribution is -0.125. The zero-order valence-corrected chi connectivity index (χ0v) is 25.0. The Morgan fingerprint density at radius 3 is 2.38 bits per heavy atom. The highest BCUT2D eigenvalue weighted by atomic mass is 32.2. The largest absolute Gasteiger partial charge is 0.370 e. The Morgan fingerprint density at radius 1 is 1.07 bits per heavy atom. The number of carbonyl (C=O) groups is 1. The van der Waals surface area contributed by atoms with Crippen molar-refractivity contribution in [3.05, 3.63) is 66.2 Å². The van der Waals surface area contributed by atoms with E-state index in [2.05, 4.69) is 39.6 Å². The number of Topliss-reactive ketones (excluding diaryl/α,β-unsaturated/α-hetero) is 1. The van der Waals surface area contributed by atoms with Crippen molar-refractivity contribution in [2.75, 3.05) is 36.0 Å². The third-order valence-electron chi connectivity index (χ3n) is 9.24. The van der Waals surface area contributed by atoms with E-state index in [0.717, 1.165) is 66.7 Å². The van der Waals surface area contributed by atoms with E-state index in [-0.39, 0.29) is 23.4 Å². The van der Waals surface area contributed by atoms with Crippen molar-refractivity contribution < 1.29 is 13.4 Å². The minimum Gasteiger partial charge on any atom is -0.370 e. The van der Waals surface area contributed by atoms with E-state index in [4.69, 9.17) is 5.10 Å². The zero-order chi connectivity index (χ0) is 29.3. The molecule has 9 heteroatoms. The molecule has 1 aliphatic heterocycles. The maximum absolute atomic E-state index is 13.7. The third-order valence-corrected chi connectivity index (χ3v) is 11.6. The number of ketones is 1. The number of hydrogen-bond donors (Lipinski definition) is 0. The van der Waals surface area contributed by atoms with Gasteiger partial charge in [-0.15, -0.1) is 0 Å². The molecule has 0 bridgehead atoms. The van der Waals surface area contributed by atoms with Gasteiger partial charge in [0.05, 0.1) is 32.6 Å². The van der Waals surface area contributed by atoms with Crippen molar-refractivity contribution >= 4 is 21.2 Å². The molecule has 0 unspecified atom stereocenters. The van der Waals surface area contributed by atoms with Crippen LogP contribution < -0.4 is 4.90 Å². The molecule has 2 atom stereocenters. The predicted octanol–water partition coefficient (Wildman–Crippen LogP) is 6.52. The fraction of sp³-hybridized carbons (Fsp3) is 0.485. The standard InChI is InChI=1S/C33H38FN5O2S/c1-2-36-42(41)19-17-38(18-20-42)26-11-7-24(8-12-26)30-22-39(27-13-9-25(34)10-14-27)37-32(30)29-6-4-3-5-28(29)31(40)21-33(23-35)15-16-33/h7-14,22,28-29H,2-6,15-21H2,1H3/t28-,29-/m1/s1. The number of carbonyl (C=O) groups excluding carboxylic acids is 1. The van der Waals surface area contributed by atoms with Crippen molar-refractivity contribution in [2.24, 2.45) is 15.7 Å². The predicted molar refractivity (Wildman–Crippen MR) is 164 cm³/mol. The van der Waals surface area contributed by atoms with Crippen LogP contribution in [-0.2, 0) is 14.5 Å². The average Bonchev–Trinajstić information content (AvgIpc) is 3.64. The van der Waals surface area contributed by atoms with E-state index in [1.54, 1.807) is 16.8 Å². The molecular formula is C33H38FN5O2S. The monoisotopic (exact) mass is 587 g/mol. The fourth-order valence-electron chi connectivity index (χ4n) is 6.59. The molecule has 0 amide bonds. The number of hydrogen-bond acceptors (Lipinski definition) is 6. The highest BCUT2D eigenvalue weighted by molar-refractivity contribution is 7.93. The van der Waals surface area contributed by atoms with Crippen molar-refractivity contribution in [2.45, 2.75) is 57.8 Å². The molecule has 220 valence electrons. The number of nitriles is 1. The Morgan fingerprint density at radius 2 is 1.74 bits per heavy atom. The van der Waals surface area contributed by atoms with Gasteiger partial charge in [-0.2, -0.15) is 10.4 Å². The van der Waals surface area contributed by atoms with Gasteiger partial charge in [0.1, 0.15) is 11.6 Å². The van der Waals surface area contributed by atoms with E-state index < -0.39 is 15.1 Å². The van der Waals surface area contributed by atoms with Gasteiger partial charge in [-0.3, -0.25) is 4.79 Å². The molecule has 2 aliphatic carbocycles. The molecule has 2 aromatic carbocycles. The van der Waals surface area contributed by atoms with Gasteiger partial charge in [-0.05, 0) is 74.6 Å². The maximum Gasteiger partial charge on any atom is 0.138 e. The lowest BCUT2D eigenvalue weighted by atomic mass is 9.72. The smallest absolute Gasteiger partial charge is 0.138 e. The first-order valence-electron chi connectivity index (χ1n) is 15.2. The van der Waals surface area contributed by atoms with E-state index in [0.29, 0.717) is 37.6 Å². The first kappa shape index (κ1) is 28.6. The molecule has 7 nitrogen and oxygen atoms in total. The highest BCUT2D eigenvalue weighted by Gasteiger charge is 2.47. The normalized spacial score (nSPS) is 22.7. The van der Waals surface area contributed by atoms with Gasteiger partial charge in [0.2, 0.25) is 0 Å². The summed E-state index contributed by atoms with van der Waals surface area (Å²) < 4.78 is 32.7. The molecular weight excluding hydrogens is 549 g/mol. The molecule has 1 saturated heterocycles. The van der Waals surface area contributed by atoms with E-state index in [9.17, 15) is 18.7 Å². The Labute approximate surface area is 247 Å². The molecule has 2 saturated carbocycles. The maximum atomic E-state index is 13.7. The summed E-state index contributed by atoms with van der Waals surface area (Å²) in [5.74, 6) is 0.865. The van der Waals surface area contributed by atoms with Crippen LogP contribution in [0, 0.1) is 28.5 Å². The second kappa shape index (κ2) is 11.6. The average molecular weight is 588 g/mol. The van der Waals surface area contributed by atoms with Gasteiger partial charge in [0.25, 0.3) is 0 Å². The summed E-state index contributed by atoms with van der Waals surface area (Å²) in [4.78, 5) is 15.9. The van der Waals surface area contributed by atoms with Crippen LogP contribution in [-0.4, -0.2) is 50.9 Å². The van der Waals surface area contributed by atoms with Crippen LogP contribution in [0.15, 0.2) is 59.1 Å². The van der Waals surface area contributed by atoms with Crippen LogP contribution in [0.2, 0.25) is 0 Å². The number of benzene rings is 2. The number of aromatic nitrogens is 2. The van der Waals surface area contributed by atoms with E-state index in [1.165, 1.54) is 12.1 Å². The number of halogens is 1. The topological polar surface area (TPSA) is 91.3 Å². The summed E-state index contributed by atoms with van der Waals surface area (Å²) in [6.45, 7) is 3.95. The summed E-state index contributed by atoms with van der Waals surface area (Å²) in [7, 11) is -2.10. The molecule has 1 aromatic heterocycles. The number of anilines is 1. The molecule has 6 rings (SSSR count). The van der Waals surface area contributed by atoms with Gasteiger partial charge in [0, 0.05) is 66.8 Å².